The highest BCUT2D eigenvalue weighted by atomic mass is 32.1. The predicted molar refractivity (Wildman–Crippen MR) is 89.3 cm³/mol. The Balaban J connectivity index is 1.32. The summed E-state index contributed by atoms with van der Waals surface area (Å²) in [6, 6.07) is 8.98. The SMILES string of the molecule is O=C(Nc1ccc(OCc2noc(C3CC3)n2)cc1)c1ccsc1. The molecule has 2 aromatic heterocycles. The second-order valence-electron chi connectivity index (χ2n) is 5.60. The number of hydrogen-bond acceptors (Lipinski definition) is 6. The van der Waals surface area contributed by atoms with Crippen LogP contribution in [0.5, 0.6) is 5.75 Å². The number of nitrogens with zero attached hydrogens (tertiary/aromatic N) is 2. The molecule has 1 aromatic carbocycles. The van der Waals surface area contributed by atoms with Gasteiger partial charge < -0.3 is 14.6 Å². The number of carbonyl (C=O) groups is 1. The number of thiophene rings is 1. The monoisotopic (exact) mass is 341 g/mol. The largest absolute Gasteiger partial charge is 0.485 e. The van der Waals surface area contributed by atoms with Crippen molar-refractivity contribution in [3.8, 4) is 5.75 Å². The average Bonchev–Trinajstić information content (AvgIpc) is 3.12. The number of hydrogen-bond donors (Lipinski definition) is 1. The molecule has 1 saturated carbocycles. The van der Waals surface area contributed by atoms with E-state index in [-0.39, 0.29) is 12.5 Å². The zero-order chi connectivity index (χ0) is 16.4. The molecule has 1 fully saturated rings. The molecule has 1 N–H and O–H groups in total. The number of ether oxygens (including phenoxy) is 1. The molecule has 0 saturated heterocycles. The Labute approximate surface area is 142 Å². The average molecular weight is 341 g/mol. The summed E-state index contributed by atoms with van der Waals surface area (Å²) in [4.78, 5) is 16.3. The summed E-state index contributed by atoms with van der Waals surface area (Å²) >= 11 is 1.49. The number of carbonyl (C=O) groups excluding carboxylic acids is 1. The molecule has 4 rings (SSSR count). The Morgan fingerprint density at radius 3 is 2.83 bits per heavy atom. The maximum absolute atomic E-state index is 12.0. The summed E-state index contributed by atoms with van der Waals surface area (Å²) in [5.41, 5.74) is 1.37. The van der Waals surface area contributed by atoms with Gasteiger partial charge >= 0.3 is 0 Å². The third kappa shape index (κ3) is 3.46. The van der Waals surface area contributed by atoms with Gasteiger partial charge in [-0.2, -0.15) is 16.3 Å². The lowest BCUT2D eigenvalue weighted by atomic mass is 10.2. The van der Waals surface area contributed by atoms with Crippen molar-refractivity contribution in [2.75, 3.05) is 5.32 Å². The lowest BCUT2D eigenvalue weighted by Crippen LogP contribution is -2.10. The third-order valence-corrected chi connectivity index (χ3v) is 4.36. The second-order valence-corrected chi connectivity index (χ2v) is 6.38. The van der Waals surface area contributed by atoms with Crippen LogP contribution in [-0.4, -0.2) is 16.0 Å². The maximum atomic E-state index is 12.0. The summed E-state index contributed by atoms with van der Waals surface area (Å²) in [5.74, 6) is 2.26. The quantitative estimate of drug-likeness (QED) is 0.737. The Morgan fingerprint density at radius 2 is 2.12 bits per heavy atom. The molecule has 122 valence electrons. The molecular weight excluding hydrogens is 326 g/mol. The summed E-state index contributed by atoms with van der Waals surface area (Å²) in [6.45, 7) is 0.261. The van der Waals surface area contributed by atoms with Crippen molar-refractivity contribution in [3.63, 3.8) is 0 Å². The van der Waals surface area contributed by atoms with Crippen LogP contribution in [0.2, 0.25) is 0 Å². The summed E-state index contributed by atoms with van der Waals surface area (Å²) in [7, 11) is 0. The van der Waals surface area contributed by atoms with Crippen molar-refractivity contribution in [2.45, 2.75) is 25.4 Å². The number of amides is 1. The van der Waals surface area contributed by atoms with Crippen LogP contribution in [0.4, 0.5) is 5.69 Å². The molecular formula is C17H15N3O3S. The Morgan fingerprint density at radius 1 is 1.29 bits per heavy atom. The molecule has 1 aliphatic rings. The summed E-state index contributed by atoms with van der Waals surface area (Å²) < 4.78 is 10.8. The molecule has 0 bridgehead atoms. The first-order valence-electron chi connectivity index (χ1n) is 7.67. The molecule has 7 heteroatoms. The van der Waals surface area contributed by atoms with Gasteiger partial charge in [0.25, 0.3) is 5.91 Å². The molecule has 24 heavy (non-hydrogen) atoms. The number of nitrogens with one attached hydrogen (secondary N) is 1. The van der Waals surface area contributed by atoms with Gasteiger partial charge in [0, 0.05) is 17.0 Å². The zero-order valence-electron chi connectivity index (χ0n) is 12.8. The normalized spacial score (nSPS) is 13.7. The van der Waals surface area contributed by atoms with Crippen LogP contribution < -0.4 is 10.1 Å². The van der Waals surface area contributed by atoms with E-state index in [1.165, 1.54) is 11.3 Å². The maximum Gasteiger partial charge on any atom is 0.256 e. The predicted octanol–water partition coefficient (Wildman–Crippen LogP) is 3.84. The molecule has 1 aliphatic carbocycles. The Kier molecular flexibility index (Phi) is 4.00. The zero-order valence-corrected chi connectivity index (χ0v) is 13.6. The van der Waals surface area contributed by atoms with Gasteiger partial charge in [0.15, 0.2) is 6.61 Å². The van der Waals surface area contributed by atoms with Crippen LogP contribution >= 0.6 is 11.3 Å². The van der Waals surface area contributed by atoms with Gasteiger partial charge in [-0.1, -0.05) is 5.16 Å². The van der Waals surface area contributed by atoms with Crippen LogP contribution in [0, 0.1) is 0 Å². The van der Waals surface area contributed by atoms with Gasteiger partial charge in [0.2, 0.25) is 11.7 Å². The highest BCUT2D eigenvalue weighted by Gasteiger charge is 2.29. The van der Waals surface area contributed by atoms with E-state index in [4.69, 9.17) is 9.26 Å². The minimum absolute atomic E-state index is 0.121. The minimum atomic E-state index is -0.121. The van der Waals surface area contributed by atoms with Crippen molar-refractivity contribution < 1.29 is 14.1 Å². The molecule has 3 aromatic rings. The second kappa shape index (κ2) is 6.45. The standard InChI is InChI=1S/C17H15N3O3S/c21-16(12-7-8-24-10-12)18-13-3-5-14(6-4-13)22-9-15-19-17(23-20-15)11-1-2-11/h3-8,10-11H,1-2,9H2,(H,18,21). The molecule has 6 nitrogen and oxygen atoms in total. The van der Waals surface area contributed by atoms with Crippen LogP contribution in [0.25, 0.3) is 0 Å². The molecule has 0 spiro atoms. The van der Waals surface area contributed by atoms with E-state index in [2.05, 4.69) is 15.5 Å². The number of aromatic nitrogens is 2. The van der Waals surface area contributed by atoms with E-state index in [1.807, 2.05) is 10.8 Å². The first-order chi connectivity index (χ1) is 11.8. The lowest BCUT2D eigenvalue weighted by Gasteiger charge is -2.06. The van der Waals surface area contributed by atoms with E-state index < -0.39 is 0 Å². The van der Waals surface area contributed by atoms with Crippen molar-refractivity contribution in [1.29, 1.82) is 0 Å². The molecule has 1 amide bonds. The van der Waals surface area contributed by atoms with Gasteiger partial charge in [-0.3, -0.25) is 4.79 Å². The van der Waals surface area contributed by atoms with Crippen molar-refractivity contribution in [3.05, 3.63) is 58.4 Å². The number of anilines is 1. The van der Waals surface area contributed by atoms with E-state index in [0.29, 0.717) is 34.6 Å². The Bertz CT molecular complexity index is 823. The molecule has 0 aliphatic heterocycles. The van der Waals surface area contributed by atoms with Crippen LogP contribution in [-0.2, 0) is 6.61 Å². The first-order valence-corrected chi connectivity index (χ1v) is 8.61. The van der Waals surface area contributed by atoms with Gasteiger partial charge in [-0.25, -0.2) is 0 Å². The van der Waals surface area contributed by atoms with Gasteiger partial charge in [0.05, 0.1) is 5.56 Å². The van der Waals surface area contributed by atoms with E-state index in [1.54, 1.807) is 30.3 Å². The fraction of sp³-hybridized carbons (Fsp3) is 0.235. The number of rotatable bonds is 6. The van der Waals surface area contributed by atoms with E-state index in [0.717, 1.165) is 12.8 Å². The minimum Gasteiger partial charge on any atom is -0.485 e. The first kappa shape index (κ1) is 14.9. The van der Waals surface area contributed by atoms with Crippen molar-refractivity contribution in [2.24, 2.45) is 0 Å². The summed E-state index contributed by atoms with van der Waals surface area (Å²) in [5, 5.41) is 10.4. The van der Waals surface area contributed by atoms with Crippen molar-refractivity contribution >= 4 is 22.9 Å². The fourth-order valence-corrected chi connectivity index (χ4v) is 2.84. The molecule has 0 atom stereocenters. The van der Waals surface area contributed by atoms with Crippen LogP contribution in [0.3, 0.4) is 0 Å². The van der Waals surface area contributed by atoms with E-state index in [9.17, 15) is 4.79 Å². The number of benzene rings is 1. The molecule has 2 heterocycles. The topological polar surface area (TPSA) is 77.2 Å². The van der Waals surface area contributed by atoms with Crippen LogP contribution in [0.15, 0.2) is 45.6 Å². The smallest absolute Gasteiger partial charge is 0.256 e. The fourth-order valence-electron chi connectivity index (χ4n) is 2.20. The van der Waals surface area contributed by atoms with E-state index >= 15 is 0 Å². The lowest BCUT2D eigenvalue weighted by molar-refractivity contribution is 0.102. The highest BCUT2D eigenvalue weighted by molar-refractivity contribution is 7.08. The third-order valence-electron chi connectivity index (χ3n) is 3.67. The van der Waals surface area contributed by atoms with Crippen molar-refractivity contribution in [1.82, 2.24) is 10.1 Å². The summed E-state index contributed by atoms with van der Waals surface area (Å²) in [6.07, 6.45) is 2.25. The molecule has 0 unspecified atom stereocenters. The van der Waals surface area contributed by atoms with Crippen LogP contribution in [0.1, 0.15) is 40.8 Å². The molecule has 0 radical (unpaired) electrons. The van der Waals surface area contributed by atoms with Gasteiger partial charge in [0.1, 0.15) is 5.75 Å². The highest BCUT2D eigenvalue weighted by Crippen LogP contribution is 2.38. The Hall–Kier alpha value is -2.67. The van der Waals surface area contributed by atoms with Gasteiger partial charge in [-0.05, 0) is 48.6 Å². The van der Waals surface area contributed by atoms with Gasteiger partial charge in [-0.15, -0.1) is 0 Å².